The number of aromatic nitrogens is 2. The standard InChI is InChI=1S/C12H21N5/c1-3-5-14-11-7-12(16-9-15-11)17(2)10-4-6-13-8-10/h7,9-10,13H,3-6,8H2,1-2H3,(H,14,15,16). The summed E-state index contributed by atoms with van der Waals surface area (Å²) in [5, 5.41) is 6.66. The molecule has 1 saturated heterocycles. The van der Waals surface area contributed by atoms with E-state index < -0.39 is 0 Å². The van der Waals surface area contributed by atoms with Crippen LogP contribution in [0.1, 0.15) is 19.8 Å². The summed E-state index contributed by atoms with van der Waals surface area (Å²) in [5.74, 6) is 1.90. The zero-order valence-corrected chi connectivity index (χ0v) is 10.6. The van der Waals surface area contributed by atoms with E-state index in [1.807, 2.05) is 6.07 Å². The molecule has 5 nitrogen and oxygen atoms in total. The van der Waals surface area contributed by atoms with Crippen molar-refractivity contribution in [3.63, 3.8) is 0 Å². The molecule has 5 heteroatoms. The second kappa shape index (κ2) is 5.82. The van der Waals surface area contributed by atoms with Crippen molar-refractivity contribution in [2.24, 2.45) is 0 Å². The van der Waals surface area contributed by atoms with Crippen molar-refractivity contribution in [1.29, 1.82) is 0 Å². The monoisotopic (exact) mass is 235 g/mol. The van der Waals surface area contributed by atoms with E-state index in [2.05, 4.69) is 39.5 Å². The molecule has 0 saturated carbocycles. The van der Waals surface area contributed by atoms with E-state index in [0.717, 1.165) is 37.7 Å². The van der Waals surface area contributed by atoms with E-state index in [0.29, 0.717) is 6.04 Å². The number of likely N-dealkylation sites (N-methyl/N-ethyl adjacent to an activating group) is 1. The molecule has 1 aromatic rings. The van der Waals surface area contributed by atoms with Crippen LogP contribution < -0.4 is 15.5 Å². The quantitative estimate of drug-likeness (QED) is 0.800. The maximum Gasteiger partial charge on any atom is 0.134 e. The SMILES string of the molecule is CCCNc1cc(N(C)C2CCNC2)ncn1. The average molecular weight is 235 g/mol. The summed E-state index contributed by atoms with van der Waals surface area (Å²) < 4.78 is 0. The van der Waals surface area contributed by atoms with Crippen molar-refractivity contribution in [1.82, 2.24) is 15.3 Å². The third kappa shape index (κ3) is 3.06. The minimum atomic E-state index is 0.545. The summed E-state index contributed by atoms with van der Waals surface area (Å²) in [4.78, 5) is 10.8. The van der Waals surface area contributed by atoms with Crippen LogP contribution in [0.5, 0.6) is 0 Å². The summed E-state index contributed by atoms with van der Waals surface area (Å²) in [5.41, 5.74) is 0. The Balaban J connectivity index is 2.03. The van der Waals surface area contributed by atoms with Crippen LogP contribution in [0.25, 0.3) is 0 Å². The highest BCUT2D eigenvalue weighted by Gasteiger charge is 2.20. The molecule has 0 bridgehead atoms. The maximum atomic E-state index is 4.34. The zero-order valence-electron chi connectivity index (χ0n) is 10.6. The fourth-order valence-corrected chi connectivity index (χ4v) is 2.05. The van der Waals surface area contributed by atoms with Gasteiger partial charge < -0.3 is 15.5 Å². The first-order valence-electron chi connectivity index (χ1n) is 6.30. The van der Waals surface area contributed by atoms with E-state index in [1.54, 1.807) is 6.33 Å². The van der Waals surface area contributed by atoms with E-state index >= 15 is 0 Å². The minimum Gasteiger partial charge on any atom is -0.370 e. The Bertz CT molecular complexity index is 349. The molecule has 17 heavy (non-hydrogen) atoms. The van der Waals surface area contributed by atoms with Crippen molar-refractivity contribution in [2.45, 2.75) is 25.8 Å². The molecule has 1 atom stereocenters. The molecule has 1 aromatic heterocycles. The van der Waals surface area contributed by atoms with Crippen LogP contribution in [0.15, 0.2) is 12.4 Å². The molecule has 1 aliphatic heterocycles. The van der Waals surface area contributed by atoms with Crippen LogP contribution in [0.2, 0.25) is 0 Å². The van der Waals surface area contributed by atoms with Gasteiger partial charge in [0, 0.05) is 32.2 Å². The second-order valence-corrected chi connectivity index (χ2v) is 4.45. The Morgan fingerprint density at radius 2 is 2.41 bits per heavy atom. The number of hydrogen-bond donors (Lipinski definition) is 2. The topological polar surface area (TPSA) is 53.1 Å². The van der Waals surface area contributed by atoms with E-state index in [4.69, 9.17) is 0 Å². The number of anilines is 2. The van der Waals surface area contributed by atoms with Crippen LogP contribution in [0.3, 0.4) is 0 Å². The molecular formula is C12H21N5. The highest BCUT2D eigenvalue weighted by Crippen LogP contribution is 2.17. The second-order valence-electron chi connectivity index (χ2n) is 4.45. The minimum absolute atomic E-state index is 0.545. The summed E-state index contributed by atoms with van der Waals surface area (Å²) >= 11 is 0. The van der Waals surface area contributed by atoms with Gasteiger partial charge in [-0.15, -0.1) is 0 Å². The lowest BCUT2D eigenvalue weighted by atomic mass is 10.2. The average Bonchev–Trinajstić information content (AvgIpc) is 2.89. The molecule has 94 valence electrons. The Hall–Kier alpha value is -1.36. The van der Waals surface area contributed by atoms with Gasteiger partial charge in [0.25, 0.3) is 0 Å². The maximum absolute atomic E-state index is 4.34. The molecule has 0 aromatic carbocycles. The lowest BCUT2D eigenvalue weighted by Gasteiger charge is -2.24. The molecule has 0 amide bonds. The van der Waals surface area contributed by atoms with Gasteiger partial charge in [-0.1, -0.05) is 6.92 Å². The van der Waals surface area contributed by atoms with Crippen molar-refractivity contribution in [3.8, 4) is 0 Å². The van der Waals surface area contributed by atoms with Crippen LogP contribution in [0, 0.1) is 0 Å². The van der Waals surface area contributed by atoms with Gasteiger partial charge in [-0.2, -0.15) is 0 Å². The van der Waals surface area contributed by atoms with Crippen molar-refractivity contribution in [2.75, 3.05) is 36.9 Å². The first-order valence-corrected chi connectivity index (χ1v) is 6.30. The predicted molar refractivity (Wildman–Crippen MR) is 70.5 cm³/mol. The fourth-order valence-electron chi connectivity index (χ4n) is 2.05. The zero-order chi connectivity index (χ0) is 12.1. The van der Waals surface area contributed by atoms with Gasteiger partial charge in [-0.05, 0) is 19.4 Å². The third-order valence-electron chi connectivity index (χ3n) is 3.15. The number of nitrogens with one attached hydrogen (secondary N) is 2. The van der Waals surface area contributed by atoms with Gasteiger partial charge in [0.15, 0.2) is 0 Å². The molecule has 0 radical (unpaired) electrons. The Kier molecular flexibility index (Phi) is 4.14. The number of hydrogen-bond acceptors (Lipinski definition) is 5. The summed E-state index contributed by atoms with van der Waals surface area (Å²) in [7, 11) is 2.10. The highest BCUT2D eigenvalue weighted by molar-refractivity contribution is 5.48. The van der Waals surface area contributed by atoms with E-state index in [1.165, 1.54) is 6.42 Å². The van der Waals surface area contributed by atoms with E-state index in [-0.39, 0.29) is 0 Å². The Labute approximate surface area is 103 Å². The normalized spacial score (nSPS) is 19.3. The highest BCUT2D eigenvalue weighted by atomic mass is 15.2. The van der Waals surface area contributed by atoms with Gasteiger partial charge in [0.05, 0.1) is 0 Å². The molecule has 1 fully saturated rings. The molecule has 2 heterocycles. The van der Waals surface area contributed by atoms with Gasteiger partial charge in [0.1, 0.15) is 18.0 Å². The molecule has 2 N–H and O–H groups in total. The summed E-state index contributed by atoms with van der Waals surface area (Å²) in [6.07, 6.45) is 3.91. The van der Waals surface area contributed by atoms with Crippen molar-refractivity contribution in [3.05, 3.63) is 12.4 Å². The summed E-state index contributed by atoms with van der Waals surface area (Å²) in [6, 6.07) is 2.57. The Morgan fingerprint density at radius 3 is 3.12 bits per heavy atom. The van der Waals surface area contributed by atoms with Gasteiger partial charge in [-0.3, -0.25) is 0 Å². The molecule has 0 aliphatic carbocycles. The molecule has 1 aliphatic rings. The smallest absolute Gasteiger partial charge is 0.134 e. The predicted octanol–water partition coefficient (Wildman–Crippen LogP) is 1.10. The van der Waals surface area contributed by atoms with Crippen LogP contribution in [-0.4, -0.2) is 42.7 Å². The lowest BCUT2D eigenvalue weighted by molar-refractivity contribution is 0.677. The molecule has 0 spiro atoms. The number of rotatable bonds is 5. The third-order valence-corrected chi connectivity index (χ3v) is 3.15. The first kappa shape index (κ1) is 12.1. The van der Waals surface area contributed by atoms with Crippen LogP contribution >= 0.6 is 0 Å². The molecular weight excluding hydrogens is 214 g/mol. The Morgan fingerprint density at radius 1 is 1.53 bits per heavy atom. The fraction of sp³-hybridized carbons (Fsp3) is 0.667. The van der Waals surface area contributed by atoms with E-state index in [9.17, 15) is 0 Å². The van der Waals surface area contributed by atoms with Gasteiger partial charge in [-0.25, -0.2) is 9.97 Å². The van der Waals surface area contributed by atoms with Crippen LogP contribution in [0.4, 0.5) is 11.6 Å². The van der Waals surface area contributed by atoms with Crippen molar-refractivity contribution < 1.29 is 0 Å². The molecule has 2 rings (SSSR count). The number of nitrogens with zero attached hydrogens (tertiary/aromatic N) is 3. The lowest BCUT2D eigenvalue weighted by Crippen LogP contribution is -2.33. The molecule has 1 unspecified atom stereocenters. The summed E-state index contributed by atoms with van der Waals surface area (Å²) in [6.45, 7) is 5.23. The van der Waals surface area contributed by atoms with Crippen LogP contribution in [-0.2, 0) is 0 Å². The largest absolute Gasteiger partial charge is 0.370 e. The first-order chi connectivity index (χ1) is 8.31. The van der Waals surface area contributed by atoms with Crippen molar-refractivity contribution >= 4 is 11.6 Å². The van der Waals surface area contributed by atoms with Gasteiger partial charge >= 0.3 is 0 Å². The van der Waals surface area contributed by atoms with Gasteiger partial charge in [0.2, 0.25) is 0 Å².